The van der Waals surface area contributed by atoms with Crippen molar-refractivity contribution in [1.82, 2.24) is 13.7 Å². The summed E-state index contributed by atoms with van der Waals surface area (Å²) in [5, 5.41) is 23.2. The van der Waals surface area contributed by atoms with Gasteiger partial charge in [-0.25, -0.2) is 0 Å². The van der Waals surface area contributed by atoms with Crippen LogP contribution < -0.4 is 4.65 Å². The van der Waals surface area contributed by atoms with E-state index < -0.39 is 0 Å². The molecule has 0 aliphatic rings. The number of aromatic nitrogens is 3. The Balaban J connectivity index is 0.000000111. The molecular weight excluding hydrogens is 1400 g/mol. The van der Waals surface area contributed by atoms with Gasteiger partial charge in [-0.05, 0) is 281 Å². The summed E-state index contributed by atoms with van der Waals surface area (Å²) in [6, 6.07) is 99.3. The molecule has 0 unspecified atom stereocenters. The lowest BCUT2D eigenvalue weighted by molar-refractivity contribution is 0.454. The van der Waals surface area contributed by atoms with E-state index in [1.54, 1.807) is 0 Å². The van der Waals surface area contributed by atoms with Gasteiger partial charge in [0.05, 0.1) is 33.1 Å². The van der Waals surface area contributed by atoms with Gasteiger partial charge in [0, 0.05) is 86.2 Å². The lowest BCUT2D eigenvalue weighted by Gasteiger charge is -2.13. The summed E-state index contributed by atoms with van der Waals surface area (Å²) in [7, 11) is 0.725. The molecule has 0 fully saturated rings. The molecule has 8 nitrogen and oxygen atoms in total. The minimum absolute atomic E-state index is 0.587. The third kappa shape index (κ3) is 11.4. The number of rotatable bonds is 8. The van der Waals surface area contributed by atoms with E-state index in [9.17, 15) is 5.02 Å². The largest absolute Gasteiger partial charge is 0.569 e. The van der Waals surface area contributed by atoms with Crippen molar-refractivity contribution in [3.05, 3.63) is 334 Å². The van der Waals surface area contributed by atoms with E-state index in [2.05, 4.69) is 304 Å². The van der Waals surface area contributed by atoms with Gasteiger partial charge < -0.3 is 36.6 Å². The second-order valence-electron chi connectivity index (χ2n) is 29.4. The standard InChI is InChI=1S/C33H25BNO3.C33H24BrNO.C33H25NO/c1-19-14-20(2)33(21(3)15-19)22-8-11-29-26(16-22)27-18-24(38-34-36)10-12-30(27)35(29)23-9-13-32-28(17-23)25-6-4-5-7-31(25)37-32;1-19-14-20(2)33(21(3)15-19)22-8-11-29-26(16-22)27-17-23(34)9-12-30(27)35(29)24-10-13-32-28(18-24)25-6-4-5-7-31(25)36-32;1-20-16-21(2)33(22(3)17-20)23-12-14-30-27(18-23)25-8-4-6-10-29(25)34(30)24-13-15-32-28(19-24)26-9-5-7-11-31(26)35-32/h4-18,36H,1-3H3;4-18H,1-3H3;4-19H,1-3H3. The van der Waals surface area contributed by atoms with Crippen LogP contribution in [0.2, 0.25) is 0 Å². The molecule has 6 aromatic heterocycles. The number of furan rings is 3. The molecule has 0 saturated heterocycles. The molecule has 21 rings (SSSR count). The number of fused-ring (bicyclic) bond motifs is 18. The first kappa shape index (κ1) is 67.0. The Morgan fingerprint density at radius 1 is 0.266 bits per heavy atom. The van der Waals surface area contributed by atoms with Gasteiger partial charge in [0.15, 0.2) is 0 Å². The molecule has 6 heterocycles. The highest BCUT2D eigenvalue weighted by atomic mass is 79.9. The van der Waals surface area contributed by atoms with Crippen LogP contribution in [-0.2, 0) is 0 Å². The molecule has 0 bridgehead atoms. The number of para-hydroxylation sites is 4. The zero-order valence-corrected chi connectivity index (χ0v) is 63.5. The number of nitrogens with zero attached hydrogens (tertiary/aromatic N) is 3. The van der Waals surface area contributed by atoms with Crippen molar-refractivity contribution in [2.24, 2.45) is 0 Å². The SMILES string of the molecule is Cc1cc(C)c(-c2ccc3c(c2)c2cc(Br)ccc2n3-c2ccc3oc4ccccc4c3c2)c(C)c1.Cc1cc(C)c(-c2ccc3c(c2)c2cc(O[B]O)ccc2n3-c2ccc3oc4ccccc4c3c2)c(C)c1.Cc1cc(C)c(-c2ccc3c(c2)c2ccccc2n3-c2ccc3oc4ccccc4c3c2)c(C)c1. The normalized spacial score (nSPS) is 11.8. The first-order valence-electron chi connectivity index (χ1n) is 37.1. The number of benzene rings is 15. The zero-order valence-electron chi connectivity index (χ0n) is 61.9. The Morgan fingerprint density at radius 3 is 0.936 bits per heavy atom. The van der Waals surface area contributed by atoms with Gasteiger partial charge in [-0.3, -0.25) is 0 Å². The van der Waals surface area contributed by atoms with Crippen molar-refractivity contribution >= 4 is 155 Å². The van der Waals surface area contributed by atoms with Crippen LogP contribution in [0.4, 0.5) is 0 Å². The monoisotopic (exact) mass is 1470 g/mol. The molecule has 109 heavy (non-hydrogen) atoms. The molecule has 0 aliphatic heterocycles. The summed E-state index contributed by atoms with van der Waals surface area (Å²) in [6.45, 7) is 19.7. The van der Waals surface area contributed by atoms with Gasteiger partial charge in [-0.1, -0.05) is 160 Å². The molecule has 1 radical (unpaired) electrons. The van der Waals surface area contributed by atoms with Crippen LogP contribution in [0.25, 0.3) is 182 Å². The van der Waals surface area contributed by atoms with Gasteiger partial charge in [0.1, 0.15) is 39.2 Å². The molecule has 525 valence electrons. The average Bonchev–Trinajstić information content (AvgIpc) is 1.59. The molecule has 0 spiro atoms. The highest BCUT2D eigenvalue weighted by Crippen LogP contribution is 2.45. The average molecular weight is 1480 g/mol. The molecular formula is C99H74BBrN3O5. The summed E-state index contributed by atoms with van der Waals surface area (Å²) in [4.78, 5) is 0. The first-order chi connectivity index (χ1) is 53.1. The fourth-order valence-electron chi connectivity index (χ4n) is 17.9. The maximum atomic E-state index is 9.27. The van der Waals surface area contributed by atoms with E-state index in [-0.39, 0.29) is 0 Å². The number of aryl methyl sites for hydroxylation is 9. The topological polar surface area (TPSA) is 83.7 Å². The second-order valence-corrected chi connectivity index (χ2v) is 30.4. The molecule has 1 N–H and O–H groups in total. The van der Waals surface area contributed by atoms with Crippen molar-refractivity contribution in [1.29, 1.82) is 0 Å². The Bertz CT molecular complexity index is 7270. The van der Waals surface area contributed by atoms with Gasteiger partial charge in [-0.15, -0.1) is 0 Å². The summed E-state index contributed by atoms with van der Waals surface area (Å²) in [5.74, 6) is 0.587. The van der Waals surface area contributed by atoms with E-state index in [1.165, 1.54) is 127 Å². The minimum Gasteiger partial charge on any atom is -0.537 e. The first-order valence-corrected chi connectivity index (χ1v) is 37.8. The third-order valence-electron chi connectivity index (χ3n) is 22.1. The van der Waals surface area contributed by atoms with E-state index in [0.717, 1.165) is 117 Å². The third-order valence-corrected chi connectivity index (χ3v) is 22.6. The Hall–Kier alpha value is -12.6. The molecule has 0 saturated carbocycles. The van der Waals surface area contributed by atoms with Gasteiger partial charge >= 0.3 is 7.69 Å². The lowest BCUT2D eigenvalue weighted by Crippen LogP contribution is -1.99. The summed E-state index contributed by atoms with van der Waals surface area (Å²) >= 11 is 3.71. The highest BCUT2D eigenvalue weighted by Gasteiger charge is 2.22. The van der Waals surface area contributed by atoms with Crippen LogP contribution in [0, 0.1) is 62.3 Å². The number of halogens is 1. The molecule has 0 amide bonds. The molecule has 0 atom stereocenters. The highest BCUT2D eigenvalue weighted by molar-refractivity contribution is 9.10. The predicted molar refractivity (Wildman–Crippen MR) is 459 cm³/mol. The Labute approximate surface area is 639 Å². The fraction of sp³-hybridized carbons (Fsp3) is 0.0909. The van der Waals surface area contributed by atoms with Crippen LogP contribution in [0.5, 0.6) is 5.75 Å². The predicted octanol–water partition coefficient (Wildman–Crippen LogP) is 27.5. The van der Waals surface area contributed by atoms with Crippen LogP contribution in [-0.4, -0.2) is 26.4 Å². The Morgan fingerprint density at radius 2 is 0.560 bits per heavy atom. The second kappa shape index (κ2) is 26.4. The van der Waals surface area contributed by atoms with Gasteiger partial charge in [0.2, 0.25) is 0 Å². The maximum Gasteiger partial charge on any atom is 0.569 e. The van der Waals surface area contributed by atoms with E-state index >= 15 is 0 Å². The summed E-state index contributed by atoms with van der Waals surface area (Å²) < 4.78 is 31.7. The molecule has 0 aliphatic carbocycles. The van der Waals surface area contributed by atoms with Crippen LogP contribution in [0.15, 0.2) is 297 Å². The van der Waals surface area contributed by atoms with Crippen LogP contribution >= 0.6 is 15.9 Å². The Kier molecular flexibility index (Phi) is 16.2. The van der Waals surface area contributed by atoms with Crippen molar-refractivity contribution in [2.45, 2.75) is 62.3 Å². The van der Waals surface area contributed by atoms with Crippen LogP contribution in [0.1, 0.15) is 50.1 Å². The molecule has 15 aromatic carbocycles. The smallest absolute Gasteiger partial charge is 0.537 e. The fourth-order valence-corrected chi connectivity index (χ4v) is 18.2. The van der Waals surface area contributed by atoms with Crippen molar-refractivity contribution < 1.29 is 22.9 Å². The minimum atomic E-state index is 0.587. The van der Waals surface area contributed by atoms with E-state index in [4.69, 9.17) is 17.9 Å². The molecule has 10 heteroatoms. The van der Waals surface area contributed by atoms with Crippen molar-refractivity contribution in [3.63, 3.8) is 0 Å². The molecule has 21 aromatic rings. The van der Waals surface area contributed by atoms with Gasteiger partial charge in [-0.2, -0.15) is 0 Å². The van der Waals surface area contributed by atoms with Crippen molar-refractivity contribution in [2.75, 3.05) is 0 Å². The quantitative estimate of drug-likeness (QED) is 0.153. The van der Waals surface area contributed by atoms with E-state index in [0.29, 0.717) is 5.75 Å². The number of hydrogen-bond acceptors (Lipinski definition) is 5. The summed E-state index contributed by atoms with van der Waals surface area (Å²) in [6.07, 6.45) is 0. The van der Waals surface area contributed by atoms with E-state index in [1.807, 2.05) is 66.7 Å². The zero-order chi connectivity index (χ0) is 74.2. The van der Waals surface area contributed by atoms with Crippen LogP contribution in [0.3, 0.4) is 0 Å². The van der Waals surface area contributed by atoms with Gasteiger partial charge in [0.25, 0.3) is 0 Å². The lowest BCUT2D eigenvalue weighted by atomic mass is 9.93. The van der Waals surface area contributed by atoms with Crippen molar-refractivity contribution in [3.8, 4) is 56.2 Å². The maximum absolute atomic E-state index is 9.27. The number of hydrogen-bond donors (Lipinski definition) is 1. The summed E-state index contributed by atoms with van der Waals surface area (Å²) in [5.41, 5.74) is 35.1.